The van der Waals surface area contributed by atoms with E-state index in [0.717, 1.165) is 12.8 Å². The van der Waals surface area contributed by atoms with E-state index in [1.54, 1.807) is 0 Å². The first-order valence-electron chi connectivity index (χ1n) is 6.91. The molecule has 1 aromatic heterocycles. The molecule has 106 valence electrons. The Balaban J connectivity index is 2.09. The average molecular weight is 264 g/mol. The molecule has 19 heavy (non-hydrogen) atoms. The SMILES string of the molecule is CC(C)Oc1ncnc(NC2CCC(C)(C)C2)c1N. The van der Waals surface area contributed by atoms with Crippen LogP contribution in [0.2, 0.25) is 0 Å². The zero-order valence-electron chi connectivity index (χ0n) is 12.2. The highest BCUT2D eigenvalue weighted by atomic mass is 16.5. The number of aromatic nitrogens is 2. The van der Waals surface area contributed by atoms with Crippen LogP contribution in [-0.2, 0) is 0 Å². The third kappa shape index (κ3) is 3.49. The van der Waals surface area contributed by atoms with E-state index in [4.69, 9.17) is 10.5 Å². The van der Waals surface area contributed by atoms with Crippen molar-refractivity contribution in [3.05, 3.63) is 6.33 Å². The highest BCUT2D eigenvalue weighted by Gasteiger charge is 2.31. The molecule has 1 fully saturated rings. The molecule has 0 bridgehead atoms. The zero-order valence-corrected chi connectivity index (χ0v) is 12.2. The number of ether oxygens (including phenoxy) is 1. The second-order valence-corrected chi connectivity index (χ2v) is 6.36. The minimum Gasteiger partial charge on any atom is -0.473 e. The van der Waals surface area contributed by atoms with Crippen LogP contribution in [0.3, 0.4) is 0 Å². The summed E-state index contributed by atoms with van der Waals surface area (Å²) in [4.78, 5) is 8.31. The van der Waals surface area contributed by atoms with Crippen molar-refractivity contribution in [2.75, 3.05) is 11.1 Å². The van der Waals surface area contributed by atoms with E-state index < -0.39 is 0 Å². The Labute approximate surface area is 115 Å². The van der Waals surface area contributed by atoms with Crippen molar-refractivity contribution in [1.82, 2.24) is 9.97 Å². The molecule has 0 aromatic carbocycles. The summed E-state index contributed by atoms with van der Waals surface area (Å²) in [6.45, 7) is 8.50. The summed E-state index contributed by atoms with van der Waals surface area (Å²) in [7, 11) is 0. The molecular formula is C14H24N4O. The van der Waals surface area contributed by atoms with Gasteiger partial charge in [0.15, 0.2) is 5.82 Å². The molecule has 0 amide bonds. The third-order valence-corrected chi connectivity index (χ3v) is 3.50. The van der Waals surface area contributed by atoms with Gasteiger partial charge in [0.25, 0.3) is 0 Å². The molecule has 1 aliphatic carbocycles. The minimum absolute atomic E-state index is 0.0514. The summed E-state index contributed by atoms with van der Waals surface area (Å²) in [6.07, 6.45) is 5.06. The van der Waals surface area contributed by atoms with Gasteiger partial charge in [-0.3, -0.25) is 0 Å². The van der Waals surface area contributed by atoms with Crippen LogP contribution < -0.4 is 15.8 Å². The average Bonchev–Trinajstić information content (AvgIpc) is 2.63. The Kier molecular flexibility index (Phi) is 3.83. The number of rotatable bonds is 4. The highest BCUT2D eigenvalue weighted by molar-refractivity contribution is 5.66. The standard InChI is InChI=1S/C14H24N4O/c1-9(2)19-13-11(15)12(16-8-17-13)18-10-5-6-14(3,4)7-10/h8-10H,5-7,15H2,1-4H3,(H,16,17,18). The Bertz CT molecular complexity index is 445. The van der Waals surface area contributed by atoms with Gasteiger partial charge >= 0.3 is 0 Å². The first kappa shape index (κ1) is 13.9. The summed E-state index contributed by atoms with van der Waals surface area (Å²) in [5.74, 6) is 1.15. The predicted molar refractivity (Wildman–Crippen MR) is 77.3 cm³/mol. The molecule has 0 saturated heterocycles. The van der Waals surface area contributed by atoms with Gasteiger partial charge in [0.05, 0.1) is 6.10 Å². The largest absolute Gasteiger partial charge is 0.473 e. The van der Waals surface area contributed by atoms with Gasteiger partial charge in [-0.05, 0) is 38.5 Å². The van der Waals surface area contributed by atoms with Gasteiger partial charge in [0.1, 0.15) is 12.0 Å². The van der Waals surface area contributed by atoms with Crippen molar-refractivity contribution in [2.45, 2.75) is 59.1 Å². The van der Waals surface area contributed by atoms with E-state index >= 15 is 0 Å². The first-order valence-corrected chi connectivity index (χ1v) is 6.91. The van der Waals surface area contributed by atoms with Gasteiger partial charge in [-0.15, -0.1) is 0 Å². The van der Waals surface area contributed by atoms with Crippen molar-refractivity contribution in [3.63, 3.8) is 0 Å². The topological polar surface area (TPSA) is 73.1 Å². The number of nitrogens with one attached hydrogen (secondary N) is 1. The van der Waals surface area contributed by atoms with Gasteiger partial charge < -0.3 is 15.8 Å². The van der Waals surface area contributed by atoms with E-state index in [-0.39, 0.29) is 6.10 Å². The molecule has 1 saturated carbocycles. The first-order chi connectivity index (χ1) is 8.87. The Morgan fingerprint density at radius 2 is 2.16 bits per heavy atom. The lowest BCUT2D eigenvalue weighted by Crippen LogP contribution is -2.20. The fourth-order valence-corrected chi connectivity index (χ4v) is 2.56. The van der Waals surface area contributed by atoms with E-state index in [1.165, 1.54) is 12.7 Å². The monoisotopic (exact) mass is 264 g/mol. The van der Waals surface area contributed by atoms with Crippen molar-refractivity contribution >= 4 is 11.5 Å². The van der Waals surface area contributed by atoms with Crippen LogP contribution in [0.4, 0.5) is 11.5 Å². The molecule has 1 unspecified atom stereocenters. The fraction of sp³-hybridized carbons (Fsp3) is 0.714. The van der Waals surface area contributed by atoms with Crippen LogP contribution in [-0.4, -0.2) is 22.1 Å². The van der Waals surface area contributed by atoms with Gasteiger partial charge in [0, 0.05) is 6.04 Å². The normalized spacial score (nSPS) is 21.6. The van der Waals surface area contributed by atoms with Crippen LogP contribution in [0.1, 0.15) is 47.0 Å². The number of hydrogen-bond donors (Lipinski definition) is 2. The van der Waals surface area contributed by atoms with Gasteiger partial charge in [-0.25, -0.2) is 4.98 Å². The van der Waals surface area contributed by atoms with Crippen molar-refractivity contribution in [3.8, 4) is 5.88 Å². The van der Waals surface area contributed by atoms with Crippen molar-refractivity contribution in [1.29, 1.82) is 0 Å². The van der Waals surface area contributed by atoms with Crippen molar-refractivity contribution < 1.29 is 4.74 Å². The lowest BCUT2D eigenvalue weighted by Gasteiger charge is -2.19. The highest BCUT2D eigenvalue weighted by Crippen LogP contribution is 2.39. The van der Waals surface area contributed by atoms with E-state index in [9.17, 15) is 0 Å². The number of nitrogens with two attached hydrogens (primary N) is 1. The van der Waals surface area contributed by atoms with E-state index in [1.807, 2.05) is 13.8 Å². The van der Waals surface area contributed by atoms with Gasteiger partial charge in [-0.2, -0.15) is 4.98 Å². The van der Waals surface area contributed by atoms with Crippen LogP contribution in [0, 0.1) is 5.41 Å². The number of nitrogen functional groups attached to an aromatic ring is 1. The molecule has 1 aromatic rings. The molecule has 0 radical (unpaired) electrons. The van der Waals surface area contributed by atoms with Crippen LogP contribution >= 0.6 is 0 Å². The Hall–Kier alpha value is -1.52. The van der Waals surface area contributed by atoms with E-state index in [0.29, 0.717) is 28.8 Å². The second-order valence-electron chi connectivity index (χ2n) is 6.36. The zero-order chi connectivity index (χ0) is 14.0. The minimum atomic E-state index is 0.0514. The summed E-state index contributed by atoms with van der Waals surface area (Å²) < 4.78 is 5.57. The molecule has 1 heterocycles. The van der Waals surface area contributed by atoms with Crippen LogP contribution in [0.15, 0.2) is 6.33 Å². The number of hydrogen-bond acceptors (Lipinski definition) is 5. The molecule has 1 atom stereocenters. The molecular weight excluding hydrogens is 240 g/mol. The molecule has 1 aliphatic rings. The summed E-state index contributed by atoms with van der Waals surface area (Å²) >= 11 is 0. The molecule has 5 nitrogen and oxygen atoms in total. The number of nitrogens with zero attached hydrogens (tertiary/aromatic N) is 2. The summed E-state index contributed by atoms with van der Waals surface area (Å²) in [5.41, 5.74) is 6.97. The molecule has 0 aliphatic heterocycles. The fourth-order valence-electron chi connectivity index (χ4n) is 2.56. The molecule has 0 spiro atoms. The quantitative estimate of drug-likeness (QED) is 0.874. The molecule has 5 heteroatoms. The number of anilines is 2. The van der Waals surface area contributed by atoms with Crippen molar-refractivity contribution in [2.24, 2.45) is 5.41 Å². The third-order valence-electron chi connectivity index (χ3n) is 3.50. The smallest absolute Gasteiger partial charge is 0.242 e. The molecule has 2 rings (SSSR count). The summed E-state index contributed by atoms with van der Waals surface area (Å²) in [5, 5.41) is 3.42. The maximum absolute atomic E-state index is 6.06. The molecule has 3 N–H and O–H groups in total. The lowest BCUT2D eigenvalue weighted by atomic mass is 9.92. The van der Waals surface area contributed by atoms with Gasteiger partial charge in [0.2, 0.25) is 5.88 Å². The Morgan fingerprint density at radius 1 is 1.42 bits per heavy atom. The van der Waals surface area contributed by atoms with E-state index in [2.05, 4.69) is 29.1 Å². The lowest BCUT2D eigenvalue weighted by molar-refractivity contribution is 0.234. The maximum Gasteiger partial charge on any atom is 0.242 e. The second kappa shape index (κ2) is 5.23. The maximum atomic E-state index is 6.06. The van der Waals surface area contributed by atoms with Crippen LogP contribution in [0.5, 0.6) is 5.88 Å². The van der Waals surface area contributed by atoms with Gasteiger partial charge in [-0.1, -0.05) is 13.8 Å². The Morgan fingerprint density at radius 3 is 2.74 bits per heavy atom. The van der Waals surface area contributed by atoms with Crippen LogP contribution in [0.25, 0.3) is 0 Å². The summed E-state index contributed by atoms with van der Waals surface area (Å²) in [6, 6.07) is 0.430. The predicted octanol–water partition coefficient (Wildman–Crippen LogP) is 2.84.